The van der Waals surface area contributed by atoms with E-state index in [0.717, 1.165) is 31.6 Å². The predicted octanol–water partition coefficient (Wildman–Crippen LogP) is 1.72. The molecule has 4 rings (SSSR count). The molecular weight excluding hydrogens is 342 g/mol. The summed E-state index contributed by atoms with van der Waals surface area (Å²) in [6.45, 7) is 6.50. The minimum Gasteiger partial charge on any atom is -0.343 e. The Morgan fingerprint density at radius 2 is 1.89 bits per heavy atom. The Balaban J connectivity index is 1.60. The van der Waals surface area contributed by atoms with Crippen molar-refractivity contribution in [1.82, 2.24) is 20.0 Å². The van der Waals surface area contributed by atoms with Crippen LogP contribution in [0.15, 0.2) is 30.3 Å². The van der Waals surface area contributed by atoms with Gasteiger partial charge in [-0.2, -0.15) is 0 Å². The summed E-state index contributed by atoms with van der Waals surface area (Å²) in [7, 11) is 1.80. The number of hydrogen-bond acceptors (Lipinski definition) is 5. The van der Waals surface area contributed by atoms with Crippen LogP contribution in [0, 0.1) is 5.92 Å². The highest BCUT2D eigenvalue weighted by Gasteiger charge is 2.55. The van der Waals surface area contributed by atoms with Gasteiger partial charge >= 0.3 is 6.03 Å². The van der Waals surface area contributed by atoms with E-state index in [2.05, 4.69) is 41.1 Å². The first kappa shape index (κ1) is 18.3. The molecule has 3 unspecified atom stereocenters. The molecule has 0 spiro atoms. The van der Waals surface area contributed by atoms with E-state index in [9.17, 15) is 9.59 Å². The molecule has 7 nitrogen and oxygen atoms in total. The molecule has 3 aliphatic heterocycles. The summed E-state index contributed by atoms with van der Waals surface area (Å²) in [5.74, 6) is 0.389. The van der Waals surface area contributed by atoms with Crippen LogP contribution in [0.2, 0.25) is 0 Å². The first-order valence-electron chi connectivity index (χ1n) is 9.90. The summed E-state index contributed by atoms with van der Waals surface area (Å²) < 4.78 is 0. The predicted molar refractivity (Wildman–Crippen MR) is 104 cm³/mol. The van der Waals surface area contributed by atoms with E-state index < -0.39 is 0 Å². The van der Waals surface area contributed by atoms with Crippen molar-refractivity contribution in [1.29, 1.82) is 0 Å². The molecule has 3 atom stereocenters. The van der Waals surface area contributed by atoms with E-state index in [-0.39, 0.29) is 30.4 Å². The van der Waals surface area contributed by atoms with E-state index in [0.29, 0.717) is 12.5 Å². The smallest absolute Gasteiger partial charge is 0.327 e. The highest BCUT2D eigenvalue weighted by molar-refractivity contribution is 6.00. The summed E-state index contributed by atoms with van der Waals surface area (Å²) in [5.41, 5.74) is 1.14. The van der Waals surface area contributed by atoms with Crippen molar-refractivity contribution in [3.63, 3.8) is 0 Å². The summed E-state index contributed by atoms with van der Waals surface area (Å²) in [5, 5.41) is 3.55. The number of carbonyl (C=O) groups excluding carboxylic acids is 2. The molecule has 0 saturated carbocycles. The molecule has 3 fully saturated rings. The van der Waals surface area contributed by atoms with Gasteiger partial charge in [-0.3, -0.25) is 19.9 Å². The van der Waals surface area contributed by atoms with Crippen molar-refractivity contribution in [3.8, 4) is 0 Å². The molecule has 1 aromatic carbocycles. The standard InChI is InChI=1S/C20H29N5O2/c1-14(2)10-13-25-18(26)16-17(22(3)20(25)27)21-19-23(11-7-12-24(16)19)15-8-5-4-6-9-15/h4-6,8-9,14,16-17,19,21H,7,10-13H2,1-3H3. The van der Waals surface area contributed by atoms with E-state index in [1.807, 2.05) is 18.2 Å². The monoisotopic (exact) mass is 371 g/mol. The maximum absolute atomic E-state index is 13.3. The van der Waals surface area contributed by atoms with Crippen LogP contribution in [0.5, 0.6) is 0 Å². The highest BCUT2D eigenvalue weighted by Crippen LogP contribution is 2.33. The molecular formula is C20H29N5O2. The maximum Gasteiger partial charge on any atom is 0.327 e. The number of anilines is 1. The lowest BCUT2D eigenvalue weighted by atomic mass is 10.1. The van der Waals surface area contributed by atoms with Crippen molar-refractivity contribution in [2.24, 2.45) is 5.92 Å². The molecule has 0 aliphatic carbocycles. The van der Waals surface area contributed by atoms with Gasteiger partial charge < -0.3 is 9.80 Å². The molecule has 0 bridgehead atoms. The largest absolute Gasteiger partial charge is 0.343 e. The third-order valence-corrected chi connectivity index (χ3v) is 5.89. The molecule has 3 aliphatic rings. The summed E-state index contributed by atoms with van der Waals surface area (Å²) >= 11 is 0. The van der Waals surface area contributed by atoms with E-state index >= 15 is 0 Å². The maximum atomic E-state index is 13.3. The van der Waals surface area contributed by atoms with Crippen molar-refractivity contribution < 1.29 is 9.59 Å². The number of amides is 3. The Kier molecular flexibility index (Phi) is 4.82. The number of fused-ring (bicyclic) bond motifs is 3. The fraction of sp³-hybridized carbons (Fsp3) is 0.600. The number of rotatable bonds is 4. The molecule has 0 radical (unpaired) electrons. The zero-order valence-corrected chi connectivity index (χ0v) is 16.3. The zero-order valence-electron chi connectivity index (χ0n) is 16.3. The van der Waals surface area contributed by atoms with Gasteiger partial charge in [-0.1, -0.05) is 32.0 Å². The molecule has 27 heavy (non-hydrogen) atoms. The van der Waals surface area contributed by atoms with Gasteiger partial charge in [0.15, 0.2) is 0 Å². The van der Waals surface area contributed by atoms with Crippen LogP contribution < -0.4 is 10.2 Å². The second-order valence-corrected chi connectivity index (χ2v) is 8.12. The molecule has 146 valence electrons. The Bertz CT molecular complexity index is 710. The van der Waals surface area contributed by atoms with Gasteiger partial charge in [0, 0.05) is 32.4 Å². The SMILES string of the molecule is CC(C)CCN1C(=O)C2C(NC3N(c4ccccc4)CCCN23)N(C)C1=O. The first-order valence-corrected chi connectivity index (χ1v) is 9.90. The van der Waals surface area contributed by atoms with Crippen molar-refractivity contribution in [2.45, 2.75) is 45.2 Å². The van der Waals surface area contributed by atoms with Crippen LogP contribution in [-0.2, 0) is 4.79 Å². The van der Waals surface area contributed by atoms with Gasteiger partial charge in [0.25, 0.3) is 5.91 Å². The number of hydrogen-bond donors (Lipinski definition) is 1. The summed E-state index contributed by atoms with van der Waals surface area (Å²) in [6.07, 6.45) is 1.47. The lowest BCUT2D eigenvalue weighted by Gasteiger charge is -2.44. The number of imide groups is 1. The van der Waals surface area contributed by atoms with Gasteiger partial charge in [-0.15, -0.1) is 0 Å². The number of nitrogens with one attached hydrogen (secondary N) is 1. The van der Waals surface area contributed by atoms with Gasteiger partial charge in [0.2, 0.25) is 0 Å². The molecule has 7 heteroatoms. The highest BCUT2D eigenvalue weighted by atomic mass is 16.2. The van der Waals surface area contributed by atoms with Crippen molar-refractivity contribution >= 4 is 17.6 Å². The fourth-order valence-corrected chi connectivity index (χ4v) is 4.40. The summed E-state index contributed by atoms with van der Waals surface area (Å²) in [4.78, 5) is 33.7. The molecule has 3 heterocycles. The minimum absolute atomic E-state index is 0.0614. The fourth-order valence-electron chi connectivity index (χ4n) is 4.40. The van der Waals surface area contributed by atoms with Crippen LogP contribution in [0.4, 0.5) is 10.5 Å². The quantitative estimate of drug-likeness (QED) is 0.873. The van der Waals surface area contributed by atoms with Crippen molar-refractivity contribution in [3.05, 3.63) is 30.3 Å². The van der Waals surface area contributed by atoms with Crippen LogP contribution >= 0.6 is 0 Å². The van der Waals surface area contributed by atoms with Gasteiger partial charge in [-0.05, 0) is 30.9 Å². The number of benzene rings is 1. The molecule has 1 N–H and O–H groups in total. The van der Waals surface area contributed by atoms with E-state index in [1.165, 1.54) is 4.90 Å². The lowest BCUT2D eigenvalue weighted by Crippen LogP contribution is -2.66. The van der Waals surface area contributed by atoms with Gasteiger partial charge in [-0.25, -0.2) is 4.79 Å². The summed E-state index contributed by atoms with van der Waals surface area (Å²) in [6, 6.07) is 9.75. The molecule has 3 amide bonds. The van der Waals surface area contributed by atoms with Crippen LogP contribution in [-0.4, -0.2) is 71.8 Å². The Labute approximate surface area is 160 Å². The number of nitrogens with zero attached hydrogens (tertiary/aromatic N) is 4. The number of urea groups is 1. The van der Waals surface area contributed by atoms with E-state index in [4.69, 9.17) is 0 Å². The van der Waals surface area contributed by atoms with E-state index in [1.54, 1.807) is 11.9 Å². The number of carbonyl (C=O) groups is 2. The van der Waals surface area contributed by atoms with Crippen LogP contribution in [0.25, 0.3) is 0 Å². The van der Waals surface area contributed by atoms with Crippen LogP contribution in [0.1, 0.15) is 26.7 Å². The molecule has 1 aromatic rings. The van der Waals surface area contributed by atoms with Crippen LogP contribution in [0.3, 0.4) is 0 Å². The first-order chi connectivity index (χ1) is 13.0. The third-order valence-electron chi connectivity index (χ3n) is 5.89. The second kappa shape index (κ2) is 7.13. The average Bonchev–Trinajstić information content (AvgIpc) is 3.06. The number of likely N-dealkylation sites (N-methyl/N-ethyl adjacent to an activating group) is 1. The minimum atomic E-state index is -0.323. The number of para-hydroxylation sites is 1. The topological polar surface area (TPSA) is 59.1 Å². The average molecular weight is 371 g/mol. The lowest BCUT2D eigenvalue weighted by molar-refractivity contribution is -0.138. The van der Waals surface area contributed by atoms with Gasteiger partial charge in [0.1, 0.15) is 18.5 Å². The zero-order chi connectivity index (χ0) is 19.1. The molecule has 0 aromatic heterocycles. The second-order valence-electron chi connectivity index (χ2n) is 8.12. The Hall–Kier alpha value is -2.12. The van der Waals surface area contributed by atoms with Crippen molar-refractivity contribution in [2.75, 3.05) is 31.6 Å². The Morgan fingerprint density at radius 1 is 1.15 bits per heavy atom. The molecule has 3 saturated heterocycles. The Morgan fingerprint density at radius 3 is 2.59 bits per heavy atom. The third kappa shape index (κ3) is 3.08. The van der Waals surface area contributed by atoms with Gasteiger partial charge in [0.05, 0.1) is 0 Å². The normalized spacial score (nSPS) is 28.7.